The third-order valence-corrected chi connectivity index (χ3v) is 5.36. The van der Waals surface area contributed by atoms with Crippen LogP contribution in [0.15, 0.2) is 59.0 Å². The van der Waals surface area contributed by atoms with Gasteiger partial charge in [-0.15, -0.1) is 0 Å². The fourth-order valence-electron chi connectivity index (χ4n) is 3.39. The molecule has 134 valence electrons. The maximum absolute atomic E-state index is 12.2. The van der Waals surface area contributed by atoms with Gasteiger partial charge >= 0.3 is 0 Å². The number of amides is 1. The SMILES string of the molecule is CC(=O)N1CCN2CCSN=C2[C@@H]1c1ccc(Oc2ccccc2)cc1. The minimum Gasteiger partial charge on any atom is -0.457 e. The normalized spacial score (nSPS) is 19.6. The monoisotopic (exact) mass is 367 g/mol. The van der Waals surface area contributed by atoms with Gasteiger partial charge in [-0.25, -0.2) is 4.40 Å². The summed E-state index contributed by atoms with van der Waals surface area (Å²) in [5, 5.41) is 0. The van der Waals surface area contributed by atoms with Gasteiger partial charge in [-0.2, -0.15) is 0 Å². The van der Waals surface area contributed by atoms with Crippen LogP contribution in [0.4, 0.5) is 0 Å². The minimum atomic E-state index is -0.125. The lowest BCUT2D eigenvalue weighted by Crippen LogP contribution is -2.54. The van der Waals surface area contributed by atoms with Crippen molar-refractivity contribution in [2.24, 2.45) is 4.40 Å². The van der Waals surface area contributed by atoms with Crippen molar-refractivity contribution in [3.8, 4) is 11.5 Å². The molecule has 2 aliphatic heterocycles. The first-order valence-electron chi connectivity index (χ1n) is 8.77. The number of fused-ring (bicyclic) bond motifs is 1. The van der Waals surface area contributed by atoms with Crippen LogP contribution in [-0.2, 0) is 4.79 Å². The summed E-state index contributed by atoms with van der Waals surface area (Å²) in [6.45, 7) is 4.20. The Morgan fingerprint density at radius 2 is 1.77 bits per heavy atom. The fraction of sp³-hybridized carbons (Fsp3) is 0.300. The average molecular weight is 367 g/mol. The largest absolute Gasteiger partial charge is 0.457 e. The maximum Gasteiger partial charge on any atom is 0.220 e. The number of carbonyl (C=O) groups excluding carboxylic acids is 1. The molecule has 1 amide bonds. The first kappa shape index (κ1) is 17.0. The van der Waals surface area contributed by atoms with Gasteiger partial charge in [0.05, 0.1) is 0 Å². The summed E-state index contributed by atoms with van der Waals surface area (Å²) in [4.78, 5) is 16.4. The third kappa shape index (κ3) is 3.42. The van der Waals surface area contributed by atoms with Crippen LogP contribution in [0.25, 0.3) is 0 Å². The molecule has 1 saturated heterocycles. The van der Waals surface area contributed by atoms with Gasteiger partial charge in [-0.3, -0.25) is 4.79 Å². The number of hydrogen-bond donors (Lipinski definition) is 0. The molecule has 0 aliphatic carbocycles. The second kappa shape index (κ2) is 7.41. The van der Waals surface area contributed by atoms with Crippen molar-refractivity contribution in [3.63, 3.8) is 0 Å². The van der Waals surface area contributed by atoms with E-state index >= 15 is 0 Å². The number of ether oxygens (including phenoxy) is 1. The van der Waals surface area contributed by atoms with Gasteiger partial charge in [0.1, 0.15) is 23.4 Å². The number of piperazine rings is 1. The number of rotatable bonds is 3. The van der Waals surface area contributed by atoms with Crippen molar-refractivity contribution < 1.29 is 9.53 Å². The molecule has 2 heterocycles. The molecule has 2 aromatic rings. The molecule has 0 saturated carbocycles. The van der Waals surface area contributed by atoms with E-state index in [1.54, 1.807) is 18.9 Å². The third-order valence-electron chi connectivity index (χ3n) is 4.68. The molecular weight excluding hydrogens is 346 g/mol. The average Bonchev–Trinajstić information content (AvgIpc) is 2.68. The van der Waals surface area contributed by atoms with Crippen molar-refractivity contribution in [3.05, 3.63) is 60.2 Å². The second-order valence-corrected chi connectivity index (χ2v) is 7.22. The Morgan fingerprint density at radius 3 is 2.50 bits per heavy atom. The smallest absolute Gasteiger partial charge is 0.220 e. The van der Waals surface area contributed by atoms with E-state index in [4.69, 9.17) is 4.74 Å². The van der Waals surface area contributed by atoms with E-state index in [1.807, 2.05) is 59.5 Å². The van der Waals surface area contributed by atoms with Gasteiger partial charge in [0.15, 0.2) is 0 Å². The van der Waals surface area contributed by atoms with Crippen LogP contribution in [0.1, 0.15) is 18.5 Å². The molecule has 2 aliphatic rings. The van der Waals surface area contributed by atoms with E-state index in [2.05, 4.69) is 9.30 Å². The molecule has 5 nitrogen and oxygen atoms in total. The van der Waals surface area contributed by atoms with Crippen molar-refractivity contribution in [2.75, 3.05) is 25.4 Å². The first-order chi connectivity index (χ1) is 12.7. The summed E-state index contributed by atoms with van der Waals surface area (Å²) in [6, 6.07) is 17.6. The molecule has 0 aromatic heterocycles. The molecule has 0 spiro atoms. The van der Waals surface area contributed by atoms with E-state index in [0.29, 0.717) is 0 Å². The van der Waals surface area contributed by atoms with Crippen molar-refractivity contribution in [1.82, 2.24) is 9.80 Å². The zero-order valence-electron chi connectivity index (χ0n) is 14.7. The predicted molar refractivity (Wildman–Crippen MR) is 105 cm³/mol. The summed E-state index contributed by atoms with van der Waals surface area (Å²) in [6.07, 6.45) is 0. The Morgan fingerprint density at radius 1 is 1.04 bits per heavy atom. The van der Waals surface area contributed by atoms with Gasteiger partial charge in [0.25, 0.3) is 0 Å². The minimum absolute atomic E-state index is 0.0811. The quantitative estimate of drug-likeness (QED) is 0.775. The van der Waals surface area contributed by atoms with Gasteiger partial charge in [0, 0.05) is 32.3 Å². The number of nitrogens with zero attached hydrogens (tertiary/aromatic N) is 3. The summed E-state index contributed by atoms with van der Waals surface area (Å²) >= 11 is 1.58. The van der Waals surface area contributed by atoms with Crippen molar-refractivity contribution >= 4 is 23.7 Å². The fourth-order valence-corrected chi connectivity index (χ4v) is 4.13. The Labute approximate surface area is 157 Å². The zero-order chi connectivity index (χ0) is 17.9. The maximum atomic E-state index is 12.2. The highest BCUT2D eigenvalue weighted by atomic mass is 32.2. The van der Waals surface area contributed by atoms with E-state index in [0.717, 1.165) is 48.3 Å². The molecule has 4 rings (SSSR count). The molecule has 0 unspecified atom stereocenters. The van der Waals surface area contributed by atoms with E-state index in [1.165, 1.54) is 0 Å². The molecule has 2 aromatic carbocycles. The van der Waals surface area contributed by atoms with Crippen LogP contribution in [0.5, 0.6) is 11.5 Å². The summed E-state index contributed by atoms with van der Waals surface area (Å²) in [5.41, 5.74) is 1.06. The Hall–Kier alpha value is -2.47. The highest BCUT2D eigenvalue weighted by molar-refractivity contribution is 7.98. The molecule has 0 bridgehead atoms. The number of hydrogen-bond acceptors (Lipinski definition) is 5. The summed E-state index contributed by atoms with van der Waals surface area (Å²) in [5.74, 6) is 3.65. The van der Waals surface area contributed by atoms with Crippen LogP contribution >= 0.6 is 11.9 Å². The number of para-hydroxylation sites is 1. The molecule has 26 heavy (non-hydrogen) atoms. The zero-order valence-corrected chi connectivity index (χ0v) is 15.5. The topological polar surface area (TPSA) is 45.1 Å². The molecular formula is C20H21N3O2S. The number of benzene rings is 2. The number of carbonyl (C=O) groups is 1. The molecule has 1 fully saturated rings. The van der Waals surface area contributed by atoms with Crippen LogP contribution in [0, 0.1) is 0 Å². The van der Waals surface area contributed by atoms with Gasteiger partial charge in [-0.05, 0) is 41.8 Å². The van der Waals surface area contributed by atoms with Crippen LogP contribution in [-0.4, -0.2) is 46.9 Å². The Bertz CT molecular complexity index is 808. The Kier molecular flexibility index (Phi) is 4.84. The molecule has 0 N–H and O–H groups in total. The van der Waals surface area contributed by atoms with Crippen molar-refractivity contribution in [2.45, 2.75) is 13.0 Å². The van der Waals surface area contributed by atoms with Crippen LogP contribution < -0.4 is 4.74 Å². The summed E-state index contributed by atoms with van der Waals surface area (Å²) < 4.78 is 10.5. The second-order valence-electron chi connectivity index (χ2n) is 6.37. The lowest BCUT2D eigenvalue weighted by atomic mass is 10.0. The van der Waals surface area contributed by atoms with E-state index in [9.17, 15) is 4.79 Å². The van der Waals surface area contributed by atoms with Crippen LogP contribution in [0.2, 0.25) is 0 Å². The lowest BCUT2D eigenvalue weighted by Gasteiger charge is -2.44. The lowest BCUT2D eigenvalue weighted by molar-refractivity contribution is -0.131. The highest BCUT2D eigenvalue weighted by Gasteiger charge is 2.36. The summed E-state index contributed by atoms with van der Waals surface area (Å²) in [7, 11) is 0. The van der Waals surface area contributed by atoms with Gasteiger partial charge < -0.3 is 14.5 Å². The predicted octanol–water partition coefficient (Wildman–Crippen LogP) is 3.74. The standard InChI is InChI=1S/C20H21N3O2S/c1-15(24)23-12-11-22-13-14-26-21-20(22)19(23)16-7-9-18(10-8-16)25-17-5-3-2-4-6-17/h2-10,19H,11-14H2,1H3/t19-/m0/s1. The molecule has 0 radical (unpaired) electrons. The van der Waals surface area contributed by atoms with E-state index < -0.39 is 0 Å². The number of amidine groups is 1. The Balaban J connectivity index is 1.61. The van der Waals surface area contributed by atoms with Crippen LogP contribution in [0.3, 0.4) is 0 Å². The molecule has 1 atom stereocenters. The van der Waals surface area contributed by atoms with Crippen molar-refractivity contribution in [1.29, 1.82) is 0 Å². The van der Waals surface area contributed by atoms with Gasteiger partial charge in [-0.1, -0.05) is 30.3 Å². The first-order valence-corrected chi connectivity index (χ1v) is 9.71. The van der Waals surface area contributed by atoms with E-state index in [-0.39, 0.29) is 11.9 Å². The molecule has 6 heteroatoms. The highest BCUT2D eigenvalue weighted by Crippen LogP contribution is 2.33. The van der Waals surface area contributed by atoms with Gasteiger partial charge in [0.2, 0.25) is 5.91 Å².